The van der Waals surface area contributed by atoms with Crippen LogP contribution in [0.25, 0.3) is 0 Å². The second kappa shape index (κ2) is 8.83. The third-order valence-corrected chi connectivity index (χ3v) is 4.35. The fraction of sp³-hybridized carbons (Fsp3) is 0.611. The van der Waals surface area contributed by atoms with Crippen molar-refractivity contribution in [3.63, 3.8) is 0 Å². The highest BCUT2D eigenvalue weighted by molar-refractivity contribution is 5.83. The molecule has 2 rings (SSSR count). The molecule has 1 aromatic rings. The molecule has 0 aromatic heterocycles. The Labute approximate surface area is 128 Å². The number of carbonyl (C=O) groups excluding carboxylic acids is 1. The molecule has 1 saturated heterocycles. The Bertz CT molecular complexity index is 410. The maximum atomic E-state index is 12.4. The predicted molar refractivity (Wildman–Crippen MR) is 87.4 cm³/mol. The summed E-state index contributed by atoms with van der Waals surface area (Å²) in [5.74, 6) is 0.147. The lowest BCUT2D eigenvalue weighted by Gasteiger charge is -2.21. The molecule has 1 aliphatic heterocycles. The number of nitrogens with one attached hydrogen (secondary N) is 1. The lowest BCUT2D eigenvalue weighted by atomic mass is 9.96. The average Bonchev–Trinajstić information content (AvgIpc) is 2.78. The number of hydrogen-bond acceptors (Lipinski definition) is 2. The van der Waals surface area contributed by atoms with Gasteiger partial charge in [-0.05, 0) is 37.9 Å². The Balaban J connectivity index is 1.77. The van der Waals surface area contributed by atoms with Crippen molar-refractivity contribution in [3.05, 3.63) is 35.9 Å². The Kier molecular flexibility index (Phi) is 6.74. The number of hydrogen-bond donors (Lipinski definition) is 1. The van der Waals surface area contributed by atoms with Crippen molar-refractivity contribution in [3.8, 4) is 0 Å². The first-order chi connectivity index (χ1) is 10.3. The van der Waals surface area contributed by atoms with E-state index in [9.17, 15) is 4.79 Å². The molecular weight excluding hydrogens is 260 g/mol. The minimum Gasteiger partial charge on any atom is -0.354 e. The average molecular weight is 288 g/mol. The highest BCUT2D eigenvalue weighted by Crippen LogP contribution is 2.19. The van der Waals surface area contributed by atoms with Gasteiger partial charge in [0, 0.05) is 13.1 Å². The smallest absolute Gasteiger partial charge is 0.227 e. The molecule has 3 heteroatoms. The zero-order chi connectivity index (χ0) is 14.9. The third-order valence-electron chi connectivity index (χ3n) is 4.35. The van der Waals surface area contributed by atoms with E-state index in [1.54, 1.807) is 0 Å². The van der Waals surface area contributed by atoms with Crippen LogP contribution in [0.4, 0.5) is 0 Å². The van der Waals surface area contributed by atoms with Gasteiger partial charge in [-0.25, -0.2) is 0 Å². The largest absolute Gasteiger partial charge is 0.354 e. The zero-order valence-corrected chi connectivity index (χ0v) is 13.2. The van der Waals surface area contributed by atoms with Crippen molar-refractivity contribution in [1.29, 1.82) is 0 Å². The molecule has 1 unspecified atom stereocenters. The Morgan fingerprint density at radius 1 is 1.14 bits per heavy atom. The van der Waals surface area contributed by atoms with E-state index in [0.717, 1.165) is 25.1 Å². The Morgan fingerprint density at radius 3 is 2.43 bits per heavy atom. The van der Waals surface area contributed by atoms with E-state index < -0.39 is 0 Å². The fourth-order valence-electron chi connectivity index (χ4n) is 3.08. The molecule has 21 heavy (non-hydrogen) atoms. The lowest BCUT2D eigenvalue weighted by Crippen LogP contribution is -2.37. The molecule has 1 amide bonds. The molecule has 1 heterocycles. The van der Waals surface area contributed by atoms with Crippen molar-refractivity contribution in [2.45, 2.75) is 44.9 Å². The summed E-state index contributed by atoms with van der Waals surface area (Å²) in [7, 11) is 0. The second-order valence-electron chi connectivity index (χ2n) is 5.92. The highest BCUT2D eigenvalue weighted by atomic mass is 16.1. The normalized spacial score (nSPS) is 18.0. The molecular formula is C18H28N2O. The number of likely N-dealkylation sites (tertiary alicyclic amines) is 1. The van der Waals surface area contributed by atoms with Crippen LogP contribution in [0.5, 0.6) is 0 Å². The lowest BCUT2D eigenvalue weighted by molar-refractivity contribution is -0.122. The molecule has 1 atom stereocenters. The quantitative estimate of drug-likeness (QED) is 0.872. The van der Waals surface area contributed by atoms with E-state index in [4.69, 9.17) is 0 Å². The van der Waals surface area contributed by atoms with E-state index in [1.807, 2.05) is 30.3 Å². The molecule has 0 radical (unpaired) electrons. The molecule has 1 fully saturated rings. The van der Waals surface area contributed by atoms with Crippen LogP contribution in [-0.2, 0) is 4.79 Å². The molecule has 116 valence electrons. The molecule has 0 aliphatic carbocycles. The molecule has 1 aromatic carbocycles. The van der Waals surface area contributed by atoms with Crippen molar-refractivity contribution < 1.29 is 4.79 Å². The number of nitrogens with zero attached hydrogens (tertiary/aromatic N) is 1. The summed E-state index contributed by atoms with van der Waals surface area (Å²) in [4.78, 5) is 14.8. The van der Waals surface area contributed by atoms with Crippen LogP contribution in [0.3, 0.4) is 0 Å². The van der Waals surface area contributed by atoms with Crippen LogP contribution in [0.15, 0.2) is 30.3 Å². The van der Waals surface area contributed by atoms with Crippen LogP contribution >= 0.6 is 0 Å². The van der Waals surface area contributed by atoms with Gasteiger partial charge < -0.3 is 10.2 Å². The maximum absolute atomic E-state index is 12.4. The minimum atomic E-state index is -0.0182. The summed E-state index contributed by atoms with van der Waals surface area (Å²) in [6, 6.07) is 10.1. The zero-order valence-electron chi connectivity index (χ0n) is 13.2. The van der Waals surface area contributed by atoms with Crippen LogP contribution in [0.2, 0.25) is 0 Å². The van der Waals surface area contributed by atoms with Gasteiger partial charge in [0.2, 0.25) is 5.91 Å². The summed E-state index contributed by atoms with van der Waals surface area (Å²) < 4.78 is 0. The van der Waals surface area contributed by atoms with Gasteiger partial charge in [0.25, 0.3) is 0 Å². The molecule has 1 N–H and O–H groups in total. The monoisotopic (exact) mass is 288 g/mol. The summed E-state index contributed by atoms with van der Waals surface area (Å²) in [6.07, 6.45) is 6.16. The highest BCUT2D eigenvalue weighted by Gasteiger charge is 2.18. The first-order valence-electron chi connectivity index (χ1n) is 8.36. The number of rotatable bonds is 6. The molecule has 0 saturated carbocycles. The Hall–Kier alpha value is -1.35. The van der Waals surface area contributed by atoms with Crippen molar-refractivity contribution >= 4 is 5.91 Å². The van der Waals surface area contributed by atoms with Gasteiger partial charge in [-0.3, -0.25) is 4.79 Å². The number of amides is 1. The summed E-state index contributed by atoms with van der Waals surface area (Å²) >= 11 is 0. The first-order valence-corrected chi connectivity index (χ1v) is 8.36. The van der Waals surface area contributed by atoms with Crippen LogP contribution in [-0.4, -0.2) is 37.0 Å². The van der Waals surface area contributed by atoms with Crippen molar-refractivity contribution in [2.24, 2.45) is 0 Å². The van der Waals surface area contributed by atoms with E-state index in [2.05, 4.69) is 17.1 Å². The van der Waals surface area contributed by atoms with Gasteiger partial charge in [-0.15, -0.1) is 0 Å². The van der Waals surface area contributed by atoms with Gasteiger partial charge in [-0.1, -0.05) is 50.1 Å². The third kappa shape index (κ3) is 5.16. The first kappa shape index (κ1) is 16.0. The maximum Gasteiger partial charge on any atom is 0.227 e. The standard InChI is InChI=1S/C18H28N2O/c1-2-17(16-10-6-5-7-11-16)18(21)19-12-15-20-13-8-3-4-9-14-20/h5-7,10-11,17H,2-4,8-9,12-15H2,1H3,(H,19,21). The van der Waals surface area contributed by atoms with E-state index in [0.29, 0.717) is 0 Å². The SMILES string of the molecule is CCC(C(=O)NCCN1CCCCCC1)c1ccccc1. The molecule has 3 nitrogen and oxygen atoms in total. The van der Waals surface area contributed by atoms with E-state index in [1.165, 1.54) is 38.8 Å². The second-order valence-corrected chi connectivity index (χ2v) is 5.92. The molecule has 0 spiro atoms. The predicted octanol–water partition coefficient (Wildman–Crippen LogP) is 3.17. The topological polar surface area (TPSA) is 32.3 Å². The van der Waals surface area contributed by atoms with Gasteiger partial charge in [0.15, 0.2) is 0 Å². The van der Waals surface area contributed by atoms with Gasteiger partial charge in [0.05, 0.1) is 5.92 Å². The van der Waals surface area contributed by atoms with Gasteiger partial charge in [-0.2, -0.15) is 0 Å². The molecule has 0 bridgehead atoms. The van der Waals surface area contributed by atoms with Crippen LogP contribution in [0.1, 0.15) is 50.5 Å². The van der Waals surface area contributed by atoms with Crippen molar-refractivity contribution in [2.75, 3.05) is 26.2 Å². The Morgan fingerprint density at radius 2 is 1.81 bits per heavy atom. The fourth-order valence-corrected chi connectivity index (χ4v) is 3.08. The summed E-state index contributed by atoms with van der Waals surface area (Å²) in [5.41, 5.74) is 1.12. The molecule has 1 aliphatic rings. The van der Waals surface area contributed by atoms with Crippen molar-refractivity contribution in [1.82, 2.24) is 10.2 Å². The van der Waals surface area contributed by atoms with E-state index >= 15 is 0 Å². The van der Waals surface area contributed by atoms with Crippen LogP contribution < -0.4 is 5.32 Å². The summed E-state index contributed by atoms with van der Waals surface area (Å²) in [5, 5.41) is 3.12. The van der Waals surface area contributed by atoms with Gasteiger partial charge >= 0.3 is 0 Å². The minimum absolute atomic E-state index is 0.0182. The number of carbonyl (C=O) groups is 1. The summed E-state index contributed by atoms with van der Waals surface area (Å²) in [6.45, 7) is 6.20. The van der Waals surface area contributed by atoms with E-state index in [-0.39, 0.29) is 11.8 Å². The van der Waals surface area contributed by atoms with Crippen LogP contribution in [0, 0.1) is 0 Å². The number of benzene rings is 1. The van der Waals surface area contributed by atoms with Gasteiger partial charge in [0.1, 0.15) is 0 Å².